The van der Waals surface area contributed by atoms with Crippen molar-refractivity contribution < 1.29 is 45.8 Å². The molecule has 0 spiro atoms. The molecule has 0 aliphatic carbocycles. The first kappa shape index (κ1) is 40.7. The molecule has 1 heterocycles. The summed E-state index contributed by atoms with van der Waals surface area (Å²) in [6, 6.07) is 12.9. The number of ether oxygens (including phenoxy) is 2. The zero-order chi connectivity index (χ0) is 38.2. The molecule has 0 bridgehead atoms. The van der Waals surface area contributed by atoms with Crippen LogP contribution >= 0.6 is 11.6 Å². The van der Waals surface area contributed by atoms with Gasteiger partial charge in [0.1, 0.15) is 5.75 Å². The van der Waals surface area contributed by atoms with Crippen molar-refractivity contribution >= 4 is 44.9 Å². The van der Waals surface area contributed by atoms with Gasteiger partial charge in [-0.2, -0.15) is 13.2 Å². The normalized spacial score (nSPS) is 19.8. The maximum Gasteiger partial charge on any atom is 0.416 e. The molecule has 0 fully saturated rings. The van der Waals surface area contributed by atoms with Crippen molar-refractivity contribution in [2.45, 2.75) is 69.4 Å². The van der Waals surface area contributed by atoms with E-state index in [9.17, 15) is 36.3 Å². The number of carbonyl (C=O) groups is 2. The minimum atomic E-state index is -4.51. The first-order valence-corrected chi connectivity index (χ1v) is 18.7. The number of hydrogen-bond donors (Lipinski definition) is 3. The number of fused-ring (bicyclic) bond motifs is 1. The van der Waals surface area contributed by atoms with Gasteiger partial charge in [-0.05, 0) is 99.8 Å². The standard InChI is InChI=1S/C36H44ClF3N4O7S/c1-23-20-44(24(2)22-45)34(46)31-19-29(42-52(48,49)30-15-10-27(37)11-16-30)14-17-32(31)51-25(3)7-5-6-18-50-33(23)21-43(4)35(47)41-28-12-8-26(9-13-28)36(38,39)40/h8-17,19,23-25,33,42,45H,5-7,18,20-22H2,1-4H3,(H,41,47)/t23-,24-,25-,33-/m1/s1. The molecule has 11 nitrogen and oxygen atoms in total. The molecule has 0 radical (unpaired) electrons. The fraction of sp³-hybridized carbons (Fsp3) is 0.444. The van der Waals surface area contributed by atoms with Crippen molar-refractivity contribution in [1.82, 2.24) is 9.80 Å². The van der Waals surface area contributed by atoms with Gasteiger partial charge in [-0.1, -0.05) is 18.5 Å². The van der Waals surface area contributed by atoms with Gasteiger partial charge in [0.25, 0.3) is 15.9 Å². The van der Waals surface area contributed by atoms with Crippen LogP contribution in [0.25, 0.3) is 0 Å². The van der Waals surface area contributed by atoms with Crippen molar-refractivity contribution in [3.63, 3.8) is 0 Å². The summed E-state index contributed by atoms with van der Waals surface area (Å²) in [5.41, 5.74) is -0.455. The molecule has 0 unspecified atom stereocenters. The molecule has 3 N–H and O–H groups in total. The van der Waals surface area contributed by atoms with Gasteiger partial charge < -0.3 is 29.7 Å². The highest BCUT2D eigenvalue weighted by atomic mass is 35.5. The minimum Gasteiger partial charge on any atom is -0.490 e. The van der Waals surface area contributed by atoms with E-state index >= 15 is 0 Å². The van der Waals surface area contributed by atoms with E-state index in [1.807, 2.05) is 13.8 Å². The number of rotatable bonds is 8. The molecule has 3 aromatic carbocycles. The second-order valence-electron chi connectivity index (χ2n) is 13.0. The lowest BCUT2D eigenvalue weighted by Crippen LogP contribution is -2.48. The Morgan fingerprint density at radius 2 is 1.71 bits per heavy atom. The zero-order valence-corrected chi connectivity index (χ0v) is 30.9. The van der Waals surface area contributed by atoms with E-state index in [2.05, 4.69) is 10.0 Å². The highest BCUT2D eigenvalue weighted by Gasteiger charge is 2.32. The Labute approximate surface area is 307 Å². The quantitative estimate of drug-likeness (QED) is 0.222. The van der Waals surface area contributed by atoms with Gasteiger partial charge in [-0.15, -0.1) is 0 Å². The van der Waals surface area contributed by atoms with Gasteiger partial charge in [-0.3, -0.25) is 9.52 Å². The van der Waals surface area contributed by atoms with Crippen molar-refractivity contribution in [2.24, 2.45) is 5.92 Å². The summed E-state index contributed by atoms with van der Waals surface area (Å²) in [6.45, 7) is 5.51. The monoisotopic (exact) mass is 768 g/mol. The third kappa shape index (κ3) is 11.0. The first-order chi connectivity index (χ1) is 24.5. The van der Waals surface area contributed by atoms with Crippen LogP contribution in [0, 0.1) is 5.92 Å². The number of sulfonamides is 1. The Morgan fingerprint density at radius 3 is 2.35 bits per heavy atom. The fourth-order valence-electron chi connectivity index (χ4n) is 5.59. The Hall–Kier alpha value is -4.05. The first-order valence-electron chi connectivity index (χ1n) is 16.8. The number of urea groups is 1. The highest BCUT2D eigenvalue weighted by Crippen LogP contribution is 2.31. The maximum atomic E-state index is 14.4. The smallest absolute Gasteiger partial charge is 0.416 e. The Morgan fingerprint density at radius 1 is 1.06 bits per heavy atom. The highest BCUT2D eigenvalue weighted by molar-refractivity contribution is 7.92. The maximum absolute atomic E-state index is 14.4. The number of carbonyl (C=O) groups excluding carboxylic acids is 2. The average molecular weight is 769 g/mol. The van der Waals surface area contributed by atoms with Crippen molar-refractivity contribution in [3.05, 3.63) is 82.9 Å². The van der Waals surface area contributed by atoms with Crippen molar-refractivity contribution in [3.8, 4) is 5.75 Å². The number of anilines is 2. The third-order valence-electron chi connectivity index (χ3n) is 8.69. The van der Waals surface area contributed by atoms with E-state index in [1.54, 1.807) is 6.92 Å². The van der Waals surface area contributed by atoms with Crippen LogP contribution in [0.15, 0.2) is 71.6 Å². The van der Waals surface area contributed by atoms with E-state index in [0.717, 1.165) is 18.6 Å². The van der Waals surface area contributed by atoms with E-state index in [1.165, 1.54) is 71.4 Å². The number of amides is 3. The van der Waals surface area contributed by atoms with Gasteiger partial charge in [0, 0.05) is 49.1 Å². The van der Waals surface area contributed by atoms with Crippen LogP contribution in [0.4, 0.5) is 29.3 Å². The lowest BCUT2D eigenvalue weighted by molar-refractivity contribution is -0.137. The summed E-state index contributed by atoms with van der Waals surface area (Å²) in [5.74, 6) is -0.663. The summed E-state index contributed by atoms with van der Waals surface area (Å²) in [7, 11) is -2.51. The van der Waals surface area contributed by atoms with Crippen molar-refractivity contribution in [1.29, 1.82) is 0 Å². The van der Waals surface area contributed by atoms with Crippen LogP contribution in [-0.4, -0.2) is 86.9 Å². The van der Waals surface area contributed by atoms with E-state index in [4.69, 9.17) is 21.1 Å². The van der Waals surface area contributed by atoms with E-state index < -0.39 is 51.8 Å². The van der Waals surface area contributed by atoms with Crippen LogP contribution in [0.3, 0.4) is 0 Å². The number of nitrogens with zero attached hydrogens (tertiary/aromatic N) is 2. The summed E-state index contributed by atoms with van der Waals surface area (Å²) < 4.78 is 80.3. The summed E-state index contributed by atoms with van der Waals surface area (Å²) in [4.78, 5) is 30.2. The molecule has 4 rings (SSSR count). The SMILES string of the molecule is C[C@@H]1CCCCO[C@H](CN(C)C(=O)Nc2ccc(C(F)(F)F)cc2)[C@H](C)CN([C@H](C)CO)C(=O)c2cc(NS(=O)(=O)c3ccc(Cl)cc3)ccc2O1. The molecule has 4 atom stereocenters. The van der Waals surface area contributed by atoms with Gasteiger partial charge in [0.15, 0.2) is 0 Å². The number of halogens is 4. The zero-order valence-electron chi connectivity index (χ0n) is 29.3. The van der Waals surface area contributed by atoms with Crippen molar-refractivity contribution in [2.75, 3.05) is 43.4 Å². The number of benzene rings is 3. The number of likely N-dealkylation sites (N-methyl/N-ethyl adjacent to an activating group) is 1. The molecule has 0 saturated heterocycles. The lowest BCUT2D eigenvalue weighted by Gasteiger charge is -2.35. The van der Waals surface area contributed by atoms with Crippen LogP contribution in [0.1, 0.15) is 56.0 Å². The van der Waals surface area contributed by atoms with Crippen LogP contribution < -0.4 is 14.8 Å². The predicted octanol–water partition coefficient (Wildman–Crippen LogP) is 7.12. The second kappa shape index (κ2) is 17.6. The van der Waals surface area contributed by atoms with Crippen LogP contribution in [0.2, 0.25) is 5.02 Å². The summed E-state index contributed by atoms with van der Waals surface area (Å²) in [6.07, 6.45) is -3.39. The Bertz CT molecular complexity index is 1780. The molecule has 0 saturated carbocycles. The van der Waals surface area contributed by atoms with Crippen LogP contribution in [-0.2, 0) is 20.9 Å². The molecule has 1 aliphatic rings. The fourth-order valence-corrected chi connectivity index (χ4v) is 6.77. The average Bonchev–Trinajstić information content (AvgIpc) is 3.09. The number of nitrogens with one attached hydrogen (secondary N) is 2. The molecule has 3 amide bonds. The van der Waals surface area contributed by atoms with Gasteiger partial charge in [-0.25, -0.2) is 13.2 Å². The van der Waals surface area contributed by atoms with Gasteiger partial charge in [0.05, 0.1) is 40.9 Å². The number of aliphatic hydroxyl groups excluding tert-OH is 1. The molecule has 3 aromatic rings. The van der Waals surface area contributed by atoms with Crippen LogP contribution in [0.5, 0.6) is 5.75 Å². The molecule has 284 valence electrons. The minimum absolute atomic E-state index is 0.0263. The number of aliphatic hydroxyl groups is 1. The predicted molar refractivity (Wildman–Crippen MR) is 192 cm³/mol. The molecule has 16 heteroatoms. The Kier molecular flexibility index (Phi) is 13.8. The molecular weight excluding hydrogens is 725 g/mol. The van der Waals surface area contributed by atoms with E-state index in [0.29, 0.717) is 24.5 Å². The van der Waals surface area contributed by atoms with Gasteiger partial charge >= 0.3 is 12.2 Å². The largest absolute Gasteiger partial charge is 0.490 e. The Balaban J connectivity index is 1.59. The molecule has 1 aliphatic heterocycles. The lowest BCUT2D eigenvalue weighted by atomic mass is 10.0. The third-order valence-corrected chi connectivity index (χ3v) is 10.3. The molecular formula is C36H44ClF3N4O7S. The summed E-state index contributed by atoms with van der Waals surface area (Å²) in [5, 5.41) is 13.2. The number of hydrogen-bond acceptors (Lipinski definition) is 7. The van der Waals surface area contributed by atoms with Gasteiger partial charge in [0.2, 0.25) is 0 Å². The topological polar surface area (TPSA) is 138 Å². The number of alkyl halides is 3. The molecule has 0 aromatic heterocycles. The second-order valence-corrected chi connectivity index (χ2v) is 15.1. The molecule has 52 heavy (non-hydrogen) atoms. The van der Waals surface area contributed by atoms with E-state index in [-0.39, 0.29) is 53.4 Å². The summed E-state index contributed by atoms with van der Waals surface area (Å²) >= 11 is 5.93.